The van der Waals surface area contributed by atoms with Crippen molar-refractivity contribution in [1.29, 1.82) is 0 Å². The lowest BCUT2D eigenvalue weighted by Gasteiger charge is -2.58. The summed E-state index contributed by atoms with van der Waals surface area (Å²) < 4.78 is 15.8. The van der Waals surface area contributed by atoms with Gasteiger partial charge in [-0.2, -0.15) is 5.10 Å². The Balaban J connectivity index is 0.756. The van der Waals surface area contributed by atoms with Crippen LogP contribution in [0.4, 0.5) is 20.4 Å². The molecule has 0 saturated heterocycles. The van der Waals surface area contributed by atoms with Crippen LogP contribution in [0.2, 0.25) is 0 Å². The summed E-state index contributed by atoms with van der Waals surface area (Å²) >= 11 is 1.39. The second kappa shape index (κ2) is 33.6. The third-order valence-electron chi connectivity index (χ3n) is 19.6. The highest BCUT2D eigenvalue weighted by Gasteiger charge is 2.55. The van der Waals surface area contributed by atoms with E-state index in [1.807, 2.05) is 66.2 Å². The molecule has 4 heterocycles. The number of aliphatic carboxylic acids is 1. The van der Waals surface area contributed by atoms with Gasteiger partial charge in [0.15, 0.2) is 10.8 Å². The topological polar surface area (TPSA) is 366 Å². The third-order valence-corrected chi connectivity index (χ3v) is 20.6. The zero-order valence-electron chi connectivity index (χ0n) is 58.7. The minimum absolute atomic E-state index is 0.0468. The predicted octanol–water partition coefficient (Wildman–Crippen LogP) is 11.2. The number of pyridine rings is 1. The molecule has 3 unspecified atom stereocenters. The number of hydrogen-bond donors (Lipinski definition) is 8. The molecule has 27 heteroatoms. The Kier molecular flexibility index (Phi) is 24.5. The molecule has 1 aliphatic heterocycles. The first-order valence-corrected chi connectivity index (χ1v) is 35.9. The van der Waals surface area contributed by atoms with E-state index < -0.39 is 53.6 Å². The Morgan fingerprint density at radius 1 is 0.796 bits per heavy atom. The van der Waals surface area contributed by atoms with Gasteiger partial charge in [0.2, 0.25) is 17.7 Å². The average molecular weight is 1430 g/mol. The molecule has 103 heavy (non-hydrogen) atoms. The Morgan fingerprint density at radius 2 is 1.57 bits per heavy atom. The minimum atomic E-state index is -1.21. The number of aromatic nitrogens is 4. The second-order valence-electron chi connectivity index (χ2n) is 28.0. The summed E-state index contributed by atoms with van der Waals surface area (Å²) in [6.07, 6.45) is 11.8. The number of urea groups is 1. The maximum absolute atomic E-state index is 13.9. The number of hydrogen-bond acceptors (Lipinski definition) is 16. The highest BCUT2D eigenvalue weighted by atomic mass is 32.1. The number of ether oxygens (including phenoxy) is 2. The van der Waals surface area contributed by atoms with Gasteiger partial charge in [-0.3, -0.25) is 48.5 Å². The first-order valence-electron chi connectivity index (χ1n) is 35.1. The number of carboxylic acid groups (broad SMARTS) is 2. The highest BCUT2D eigenvalue weighted by molar-refractivity contribution is 7.22. The maximum Gasteiger partial charge on any atom is 0.410 e. The van der Waals surface area contributed by atoms with Gasteiger partial charge < -0.3 is 51.6 Å². The summed E-state index contributed by atoms with van der Waals surface area (Å²) in [5.74, 6) is -5.31. The number of carboxylic acids is 2. The number of benzene rings is 4. The maximum atomic E-state index is 13.9. The van der Waals surface area contributed by atoms with Crippen molar-refractivity contribution < 1.29 is 67.6 Å². The number of primary amides is 1. The number of aromatic carboxylic acids is 1. The lowest BCUT2D eigenvalue weighted by molar-refractivity contribution is -0.168. The van der Waals surface area contributed by atoms with Crippen molar-refractivity contribution in [2.75, 3.05) is 43.4 Å². The molecule has 5 atom stereocenters. The van der Waals surface area contributed by atoms with E-state index in [1.165, 1.54) is 28.4 Å². The highest BCUT2D eigenvalue weighted by Crippen LogP contribution is 2.61. The fourth-order valence-electron chi connectivity index (χ4n) is 15.0. The quantitative estimate of drug-likeness (QED) is 0.0137. The van der Waals surface area contributed by atoms with Crippen LogP contribution >= 0.6 is 11.3 Å². The van der Waals surface area contributed by atoms with Crippen LogP contribution < -0.4 is 32.3 Å². The molecular formula is C76H90N12O14S. The van der Waals surface area contributed by atoms with E-state index in [0.29, 0.717) is 81.9 Å². The summed E-state index contributed by atoms with van der Waals surface area (Å²) in [5, 5.41) is 41.2. The first-order chi connectivity index (χ1) is 49.3. The van der Waals surface area contributed by atoms with Crippen molar-refractivity contribution in [3.05, 3.63) is 138 Å². The second-order valence-corrected chi connectivity index (χ2v) is 29.0. The normalized spacial score (nSPS) is 18.3. The van der Waals surface area contributed by atoms with E-state index in [2.05, 4.69) is 45.4 Å². The Morgan fingerprint density at radius 3 is 2.30 bits per heavy atom. The molecule has 0 spiro atoms. The fraction of sp³-hybridized carbons (Fsp3) is 0.434. The van der Waals surface area contributed by atoms with Gasteiger partial charge in [0.25, 0.3) is 17.7 Å². The lowest BCUT2D eigenvalue weighted by Crippen LogP contribution is -2.54. The van der Waals surface area contributed by atoms with Crippen LogP contribution in [0.5, 0.6) is 0 Å². The predicted molar refractivity (Wildman–Crippen MR) is 388 cm³/mol. The molecule has 544 valence electrons. The summed E-state index contributed by atoms with van der Waals surface area (Å²) in [6.45, 7) is 10.6. The molecule has 9 N–H and O–H groups in total. The number of thiazole rings is 1. The standard InChI is InChI=1S/C76H90N12O14S/c1-6-32-76(102-39-38-86(37-31-64(92)93)73(100)101-42-49-21-25-52(26-22-49)80-68(95)59(18-13-35-78-71(77)99)82-69(96)65(47(2)3)84-61(89)20-8-7-11-36-87-62(90)29-30-63(87)91)44-74(5)33-14-34-75(43-74,45-76)46-88-48(4)56(41-79-88)53-27-28-57(81-66(53)70(97)98)51-24-23-50-15-12-16-54(55(50)40-51)67(94)85-72-83-58-17-9-10-19-60(58)103-72/h9-10,12,15-17,19,21-30,40-41,47,59,65H,6-8,11,13-14,18,20,31-39,42-46H2,1-5H3,(H,80,95)(H,82,96)(H,84,89)(H,92,93)(H,97,98)(H3,77,78,99)(H,83,85,94)/t59-,65-,74?,75?,76?/m0/s1. The molecule has 3 aliphatic rings. The summed E-state index contributed by atoms with van der Waals surface area (Å²) in [6, 6.07) is 25.9. The number of carbonyl (C=O) groups is 10. The van der Waals surface area contributed by atoms with Gasteiger partial charge >= 0.3 is 24.1 Å². The molecule has 7 aromatic rings. The molecule has 2 bridgehead atoms. The Hall–Kier alpha value is -10.4. The van der Waals surface area contributed by atoms with Crippen molar-refractivity contribution in [3.63, 3.8) is 0 Å². The molecule has 9 amide bonds. The number of unbranched alkanes of at least 4 members (excludes halogenated alkanes) is 2. The Labute approximate surface area is 600 Å². The van der Waals surface area contributed by atoms with Crippen molar-refractivity contribution >= 4 is 103 Å². The summed E-state index contributed by atoms with van der Waals surface area (Å²) in [4.78, 5) is 141. The van der Waals surface area contributed by atoms with E-state index >= 15 is 0 Å². The first kappa shape index (κ1) is 75.3. The molecule has 2 aliphatic carbocycles. The van der Waals surface area contributed by atoms with E-state index in [-0.39, 0.29) is 111 Å². The Bertz CT molecular complexity index is 4310. The number of rotatable bonds is 34. The zero-order valence-corrected chi connectivity index (χ0v) is 59.5. The molecule has 26 nitrogen and oxygen atoms in total. The number of nitrogens with two attached hydrogens (primary N) is 1. The van der Waals surface area contributed by atoms with Crippen LogP contribution in [0.1, 0.15) is 156 Å². The van der Waals surface area contributed by atoms with Crippen molar-refractivity contribution in [1.82, 2.24) is 45.5 Å². The largest absolute Gasteiger partial charge is 0.481 e. The van der Waals surface area contributed by atoms with Crippen molar-refractivity contribution in [3.8, 4) is 22.4 Å². The van der Waals surface area contributed by atoms with Gasteiger partial charge in [-0.25, -0.2) is 24.4 Å². The van der Waals surface area contributed by atoms with Gasteiger partial charge in [0, 0.05) is 84.9 Å². The fourth-order valence-corrected chi connectivity index (χ4v) is 15.8. The third kappa shape index (κ3) is 19.2. The number of carbonyl (C=O) groups excluding carboxylic acids is 8. The molecule has 3 aromatic heterocycles. The van der Waals surface area contributed by atoms with Crippen LogP contribution in [0.15, 0.2) is 115 Å². The molecule has 2 fully saturated rings. The molecule has 10 rings (SSSR count). The van der Waals surface area contributed by atoms with Crippen molar-refractivity contribution in [2.24, 2.45) is 22.5 Å². The van der Waals surface area contributed by atoms with Gasteiger partial charge in [0.1, 0.15) is 18.7 Å². The molecular weight excluding hydrogens is 1340 g/mol. The van der Waals surface area contributed by atoms with Gasteiger partial charge in [-0.15, -0.1) is 0 Å². The van der Waals surface area contributed by atoms with Crippen LogP contribution in [-0.4, -0.2) is 150 Å². The number of anilines is 2. The molecule has 0 radical (unpaired) electrons. The number of imide groups is 1. The average Bonchev–Trinajstić information content (AvgIpc) is 1.42. The SMILES string of the molecule is CCCC1(OCCN(CCC(=O)O)C(=O)OCc2ccc(NC(=O)[C@H](CCCNC(N)=O)NC(=O)[C@@H](NC(=O)CCCCCN3C(=O)C=CC3=O)C(C)C)cc2)CC2(C)CCCC(Cn3ncc(-c4ccc(-c5ccc6cccc(C(=O)Nc7nc8ccccc8s7)c6c5)nc4C(=O)O)c3C)(C2)C1. The number of nitrogens with zero attached hydrogens (tertiary/aromatic N) is 6. The number of nitrogens with one attached hydrogen (secondary N) is 5. The molecule has 4 aromatic carbocycles. The lowest BCUT2D eigenvalue weighted by atomic mass is 9.51. The van der Waals surface area contributed by atoms with Gasteiger partial charge in [-0.1, -0.05) is 107 Å². The van der Waals surface area contributed by atoms with Crippen LogP contribution in [0.25, 0.3) is 43.4 Å². The van der Waals surface area contributed by atoms with Crippen LogP contribution in [0.3, 0.4) is 0 Å². The van der Waals surface area contributed by atoms with E-state index in [1.54, 1.807) is 62.5 Å². The number of fused-ring (bicyclic) bond motifs is 4. The smallest absolute Gasteiger partial charge is 0.410 e. The zero-order chi connectivity index (χ0) is 73.6. The van der Waals surface area contributed by atoms with E-state index in [0.717, 1.165) is 71.1 Å². The number of amides is 9. The van der Waals surface area contributed by atoms with Gasteiger partial charge in [0.05, 0.1) is 40.7 Å². The van der Waals surface area contributed by atoms with Crippen LogP contribution in [-0.2, 0) is 51.4 Å². The monoisotopic (exact) mass is 1430 g/mol. The number of para-hydroxylation sites is 1. The minimum Gasteiger partial charge on any atom is -0.481 e. The van der Waals surface area contributed by atoms with Gasteiger partial charge in [-0.05, 0) is 153 Å². The van der Waals surface area contributed by atoms with E-state index in [9.17, 15) is 58.2 Å². The van der Waals surface area contributed by atoms with Crippen molar-refractivity contribution in [2.45, 2.75) is 162 Å². The summed E-state index contributed by atoms with van der Waals surface area (Å²) in [5.41, 5.74) is 9.15. The summed E-state index contributed by atoms with van der Waals surface area (Å²) in [7, 11) is 0. The van der Waals surface area contributed by atoms with E-state index in [4.69, 9.17) is 25.3 Å². The molecule has 2 saturated carbocycles. The van der Waals surface area contributed by atoms with Crippen LogP contribution in [0, 0.1) is 23.7 Å².